The van der Waals surface area contributed by atoms with E-state index in [9.17, 15) is 4.79 Å². The average Bonchev–Trinajstić information content (AvgIpc) is 3.26. The largest absolute Gasteiger partial charge is 0.454 e. The highest BCUT2D eigenvalue weighted by Crippen LogP contribution is 2.35. The van der Waals surface area contributed by atoms with E-state index in [2.05, 4.69) is 10.5 Å². The zero-order chi connectivity index (χ0) is 17.9. The minimum Gasteiger partial charge on any atom is -0.454 e. The van der Waals surface area contributed by atoms with Gasteiger partial charge in [-0.1, -0.05) is 41.9 Å². The average molecular weight is 385 g/mol. The Kier molecular flexibility index (Phi) is 4.60. The van der Waals surface area contributed by atoms with Crippen LogP contribution in [0.2, 0.25) is 5.02 Å². The highest BCUT2D eigenvalue weighted by molar-refractivity contribution is 7.21. The second kappa shape index (κ2) is 7.19. The van der Waals surface area contributed by atoms with Crippen molar-refractivity contribution in [1.82, 2.24) is 5.43 Å². The first-order chi connectivity index (χ1) is 12.7. The quantitative estimate of drug-likeness (QED) is 0.523. The van der Waals surface area contributed by atoms with Gasteiger partial charge in [0.15, 0.2) is 11.5 Å². The van der Waals surface area contributed by atoms with Crippen molar-refractivity contribution in [2.45, 2.75) is 0 Å². The van der Waals surface area contributed by atoms with Crippen molar-refractivity contribution in [3.05, 3.63) is 64.0 Å². The topological polar surface area (TPSA) is 59.9 Å². The van der Waals surface area contributed by atoms with Gasteiger partial charge in [-0.25, -0.2) is 5.43 Å². The zero-order valence-corrected chi connectivity index (χ0v) is 15.0. The number of halogens is 1. The summed E-state index contributed by atoms with van der Waals surface area (Å²) in [5, 5.41) is 5.25. The van der Waals surface area contributed by atoms with Crippen molar-refractivity contribution in [1.29, 1.82) is 0 Å². The normalized spacial score (nSPS) is 13.1. The molecule has 0 atom stereocenters. The molecule has 1 N–H and O–H groups in total. The fourth-order valence-electron chi connectivity index (χ4n) is 2.52. The van der Waals surface area contributed by atoms with Crippen LogP contribution in [0, 0.1) is 0 Å². The molecule has 1 aromatic heterocycles. The Morgan fingerprint density at radius 2 is 2.04 bits per heavy atom. The van der Waals surface area contributed by atoms with Gasteiger partial charge in [-0.05, 0) is 29.8 Å². The van der Waals surface area contributed by atoms with Gasteiger partial charge < -0.3 is 9.47 Å². The third kappa shape index (κ3) is 3.29. The van der Waals surface area contributed by atoms with Crippen molar-refractivity contribution in [2.24, 2.45) is 5.10 Å². The third-order valence-corrected chi connectivity index (χ3v) is 5.43. The molecule has 0 unspecified atom stereocenters. The molecule has 5 nitrogen and oxygen atoms in total. The molecule has 1 aliphatic rings. The molecule has 0 fully saturated rings. The first-order valence-electron chi connectivity index (χ1n) is 7.79. The van der Waals surface area contributed by atoms with Crippen LogP contribution in [-0.4, -0.2) is 18.9 Å². The van der Waals surface area contributed by atoms with E-state index in [0.717, 1.165) is 27.1 Å². The van der Waals surface area contributed by atoms with Crippen LogP contribution >= 0.6 is 22.9 Å². The molecule has 0 saturated carbocycles. The summed E-state index contributed by atoms with van der Waals surface area (Å²) in [6, 6.07) is 13.3. The number of hydrogen-bond donors (Lipinski definition) is 1. The molecule has 3 aromatic rings. The summed E-state index contributed by atoms with van der Waals surface area (Å²) in [7, 11) is 0. The number of nitrogens with zero attached hydrogens (tertiary/aromatic N) is 1. The van der Waals surface area contributed by atoms with Crippen molar-refractivity contribution in [3.63, 3.8) is 0 Å². The van der Waals surface area contributed by atoms with Gasteiger partial charge in [-0.2, -0.15) is 5.10 Å². The molecule has 130 valence electrons. The molecule has 0 saturated heterocycles. The van der Waals surface area contributed by atoms with Crippen LogP contribution in [0.5, 0.6) is 11.5 Å². The van der Waals surface area contributed by atoms with Gasteiger partial charge in [0.05, 0.1) is 5.02 Å². The number of thiophene rings is 1. The molecule has 7 heteroatoms. The number of carbonyl (C=O) groups excluding carboxylic acids is 1. The fraction of sp³-hybridized carbons (Fsp3) is 0.0526. The minimum atomic E-state index is -0.330. The molecule has 2 aromatic carbocycles. The number of carbonyl (C=O) groups is 1. The molecule has 1 amide bonds. The summed E-state index contributed by atoms with van der Waals surface area (Å²) in [6.07, 6.45) is 5.08. The monoisotopic (exact) mass is 384 g/mol. The molecule has 0 radical (unpaired) electrons. The predicted molar refractivity (Wildman–Crippen MR) is 104 cm³/mol. The van der Waals surface area contributed by atoms with Crippen molar-refractivity contribution >= 4 is 51.2 Å². The lowest BCUT2D eigenvalue weighted by Crippen LogP contribution is -2.16. The minimum absolute atomic E-state index is 0.246. The highest BCUT2D eigenvalue weighted by Gasteiger charge is 2.16. The van der Waals surface area contributed by atoms with E-state index in [0.29, 0.717) is 9.90 Å². The van der Waals surface area contributed by atoms with E-state index in [-0.39, 0.29) is 12.7 Å². The van der Waals surface area contributed by atoms with Gasteiger partial charge in [-0.15, -0.1) is 11.3 Å². The Balaban J connectivity index is 1.40. The molecular formula is C19H13ClN2O3S. The number of benzene rings is 2. The van der Waals surface area contributed by atoms with E-state index in [4.69, 9.17) is 21.1 Å². The summed E-state index contributed by atoms with van der Waals surface area (Å²) < 4.78 is 11.6. The maximum atomic E-state index is 12.2. The van der Waals surface area contributed by atoms with Gasteiger partial charge in [0.2, 0.25) is 6.79 Å². The number of ether oxygens (including phenoxy) is 2. The van der Waals surface area contributed by atoms with E-state index in [1.54, 1.807) is 6.08 Å². The van der Waals surface area contributed by atoms with Crippen molar-refractivity contribution < 1.29 is 14.3 Å². The van der Waals surface area contributed by atoms with Gasteiger partial charge in [0.1, 0.15) is 4.88 Å². The maximum Gasteiger partial charge on any atom is 0.283 e. The summed E-state index contributed by atoms with van der Waals surface area (Å²) in [6.45, 7) is 0.246. The maximum absolute atomic E-state index is 12.2. The number of nitrogens with one attached hydrogen (secondary N) is 1. The van der Waals surface area contributed by atoms with Crippen molar-refractivity contribution in [3.8, 4) is 11.5 Å². The van der Waals surface area contributed by atoms with Gasteiger partial charge in [-0.3, -0.25) is 4.79 Å². The van der Waals surface area contributed by atoms with Crippen LogP contribution in [0.1, 0.15) is 15.2 Å². The van der Waals surface area contributed by atoms with E-state index in [1.165, 1.54) is 17.6 Å². The first-order valence-corrected chi connectivity index (χ1v) is 8.98. The second-order valence-electron chi connectivity index (χ2n) is 5.43. The van der Waals surface area contributed by atoms with E-state index in [1.807, 2.05) is 48.5 Å². The molecule has 0 bridgehead atoms. The molecular weight excluding hydrogens is 372 g/mol. The Labute approximate surface area is 158 Å². The van der Waals surface area contributed by atoms with Crippen LogP contribution in [0.25, 0.3) is 16.2 Å². The lowest BCUT2D eigenvalue weighted by Gasteiger charge is -1.97. The first kappa shape index (κ1) is 16.6. The van der Waals surface area contributed by atoms with Gasteiger partial charge in [0, 0.05) is 16.3 Å². The van der Waals surface area contributed by atoms with Crippen LogP contribution < -0.4 is 14.9 Å². The van der Waals surface area contributed by atoms with Crippen LogP contribution in [0.15, 0.2) is 53.6 Å². The summed E-state index contributed by atoms with van der Waals surface area (Å²) in [4.78, 5) is 12.7. The van der Waals surface area contributed by atoms with Crippen LogP contribution in [0.3, 0.4) is 0 Å². The summed E-state index contributed by atoms with van der Waals surface area (Å²) >= 11 is 7.62. The molecule has 26 heavy (non-hydrogen) atoms. The lowest BCUT2D eigenvalue weighted by atomic mass is 10.2. The van der Waals surface area contributed by atoms with Crippen molar-refractivity contribution in [2.75, 3.05) is 6.79 Å². The van der Waals surface area contributed by atoms with Crippen LogP contribution in [-0.2, 0) is 0 Å². The zero-order valence-electron chi connectivity index (χ0n) is 13.4. The Morgan fingerprint density at radius 1 is 1.19 bits per heavy atom. The lowest BCUT2D eigenvalue weighted by molar-refractivity contribution is 0.0959. The van der Waals surface area contributed by atoms with E-state index < -0.39 is 0 Å². The number of rotatable bonds is 4. The number of allylic oxidation sites excluding steroid dienone is 1. The van der Waals surface area contributed by atoms with Gasteiger partial charge in [0.25, 0.3) is 5.91 Å². The molecule has 0 aliphatic carbocycles. The van der Waals surface area contributed by atoms with Crippen LogP contribution in [0.4, 0.5) is 0 Å². The number of fused-ring (bicyclic) bond motifs is 2. The Morgan fingerprint density at radius 3 is 2.92 bits per heavy atom. The highest BCUT2D eigenvalue weighted by atomic mass is 35.5. The van der Waals surface area contributed by atoms with E-state index >= 15 is 0 Å². The Bertz CT molecular complexity index is 1040. The molecule has 4 rings (SSSR count). The number of hydrogen-bond acceptors (Lipinski definition) is 5. The predicted octanol–water partition coefficient (Wildman–Crippen LogP) is 4.71. The molecule has 2 heterocycles. The standard InChI is InChI=1S/C19H13ClN2O3S/c20-17-13-5-1-2-6-16(13)26-18(17)19(23)22-21-9-3-4-12-7-8-14-15(10-12)25-11-24-14/h1-10H,11H2,(H,22,23)/b4-3+,21-9-. The number of amides is 1. The Hall–Kier alpha value is -2.83. The second-order valence-corrected chi connectivity index (χ2v) is 6.86. The molecule has 0 spiro atoms. The number of hydrazone groups is 1. The summed E-state index contributed by atoms with van der Waals surface area (Å²) in [5.74, 6) is 1.13. The SMILES string of the molecule is O=C(N/N=C\C=C\c1ccc2c(c1)OCO2)c1sc2ccccc2c1Cl. The molecule has 1 aliphatic heterocycles. The van der Waals surface area contributed by atoms with Gasteiger partial charge >= 0.3 is 0 Å². The summed E-state index contributed by atoms with van der Waals surface area (Å²) in [5.41, 5.74) is 3.43. The smallest absolute Gasteiger partial charge is 0.283 e. The third-order valence-electron chi connectivity index (χ3n) is 3.75. The fourth-order valence-corrected chi connectivity index (χ4v) is 3.93.